The molecule has 0 bridgehead atoms. The lowest BCUT2D eigenvalue weighted by atomic mass is 9.98. The molecule has 0 spiro atoms. The van der Waals surface area contributed by atoms with Crippen LogP contribution in [0.4, 0.5) is 18.9 Å². The predicted molar refractivity (Wildman–Crippen MR) is 116 cm³/mol. The number of rotatable bonds is 6. The van der Waals surface area contributed by atoms with Gasteiger partial charge in [0.25, 0.3) is 0 Å². The van der Waals surface area contributed by atoms with Crippen LogP contribution in [-0.4, -0.2) is 45.9 Å². The van der Waals surface area contributed by atoms with Crippen molar-refractivity contribution in [3.8, 4) is 11.5 Å². The third-order valence-electron chi connectivity index (χ3n) is 5.30. The number of amides is 1. The largest absolute Gasteiger partial charge is 0.493 e. The van der Waals surface area contributed by atoms with Crippen molar-refractivity contribution in [1.29, 1.82) is 0 Å². The van der Waals surface area contributed by atoms with Gasteiger partial charge in [-0.3, -0.25) is 4.79 Å². The summed E-state index contributed by atoms with van der Waals surface area (Å²) in [4.78, 5) is 12.7. The maximum Gasteiger partial charge on any atom is 0.416 e. The summed E-state index contributed by atoms with van der Waals surface area (Å²) >= 11 is 5.95. The Hall–Kier alpha value is -2.50. The van der Waals surface area contributed by atoms with Gasteiger partial charge in [-0.25, -0.2) is 8.42 Å². The first kappa shape index (κ1) is 25.1. The zero-order valence-corrected chi connectivity index (χ0v) is 19.4. The molecule has 3 rings (SSSR count). The summed E-state index contributed by atoms with van der Waals surface area (Å²) in [5.41, 5.74) is -1.14. The van der Waals surface area contributed by atoms with Gasteiger partial charge < -0.3 is 14.8 Å². The van der Waals surface area contributed by atoms with Crippen LogP contribution in [0, 0.1) is 5.92 Å². The first-order valence-electron chi connectivity index (χ1n) is 9.87. The number of hydrogen-bond acceptors (Lipinski definition) is 5. The molecule has 180 valence electrons. The molecule has 2 aromatic carbocycles. The van der Waals surface area contributed by atoms with Gasteiger partial charge >= 0.3 is 6.18 Å². The summed E-state index contributed by atoms with van der Waals surface area (Å²) in [6, 6.07) is 6.80. The second-order valence-electron chi connectivity index (χ2n) is 7.40. The van der Waals surface area contributed by atoms with Crippen molar-refractivity contribution >= 4 is 33.2 Å². The van der Waals surface area contributed by atoms with E-state index >= 15 is 0 Å². The summed E-state index contributed by atoms with van der Waals surface area (Å²) in [7, 11) is -1.14. The van der Waals surface area contributed by atoms with Gasteiger partial charge in [0.15, 0.2) is 11.5 Å². The summed E-state index contributed by atoms with van der Waals surface area (Å²) in [5, 5.41) is 2.35. The van der Waals surface area contributed by atoms with E-state index in [1.165, 1.54) is 36.7 Å². The fourth-order valence-electron chi connectivity index (χ4n) is 3.53. The number of benzene rings is 2. The van der Waals surface area contributed by atoms with Crippen LogP contribution in [0.25, 0.3) is 0 Å². The fourth-order valence-corrected chi connectivity index (χ4v) is 5.24. The summed E-state index contributed by atoms with van der Waals surface area (Å²) in [6.07, 6.45) is -3.82. The Labute approximate surface area is 194 Å². The van der Waals surface area contributed by atoms with Crippen LogP contribution in [0.3, 0.4) is 0 Å². The first-order chi connectivity index (χ1) is 15.5. The topological polar surface area (TPSA) is 84.9 Å². The quantitative estimate of drug-likeness (QED) is 0.627. The zero-order chi connectivity index (χ0) is 24.4. The van der Waals surface area contributed by atoms with E-state index in [0.717, 1.165) is 18.2 Å². The lowest BCUT2D eigenvalue weighted by molar-refractivity contribution is -0.137. The molecule has 1 atom stereocenters. The Morgan fingerprint density at radius 1 is 1.12 bits per heavy atom. The molecule has 1 fully saturated rings. The number of carbonyl (C=O) groups excluding carboxylic acids is 1. The van der Waals surface area contributed by atoms with E-state index in [1.807, 2.05) is 0 Å². The van der Waals surface area contributed by atoms with Gasteiger partial charge in [-0.05, 0) is 43.2 Å². The van der Waals surface area contributed by atoms with E-state index in [0.29, 0.717) is 18.6 Å². The smallest absolute Gasteiger partial charge is 0.416 e. The number of carbonyl (C=O) groups is 1. The number of nitrogens with zero attached hydrogens (tertiary/aromatic N) is 1. The van der Waals surface area contributed by atoms with Crippen molar-refractivity contribution in [3.05, 3.63) is 47.0 Å². The molecule has 0 unspecified atom stereocenters. The van der Waals surface area contributed by atoms with E-state index in [1.54, 1.807) is 0 Å². The van der Waals surface area contributed by atoms with Gasteiger partial charge in [0.05, 0.1) is 41.3 Å². The first-order valence-corrected chi connectivity index (χ1v) is 11.7. The van der Waals surface area contributed by atoms with Crippen LogP contribution in [0.5, 0.6) is 11.5 Å². The molecular weight excluding hydrogens is 485 g/mol. The van der Waals surface area contributed by atoms with E-state index in [4.69, 9.17) is 21.1 Å². The molecule has 0 saturated carbocycles. The van der Waals surface area contributed by atoms with Crippen molar-refractivity contribution in [2.24, 2.45) is 5.92 Å². The van der Waals surface area contributed by atoms with Gasteiger partial charge in [-0.1, -0.05) is 11.6 Å². The Bertz CT molecular complexity index is 1140. The fraction of sp³-hybridized carbons (Fsp3) is 0.381. The lowest BCUT2D eigenvalue weighted by Crippen LogP contribution is -2.43. The Morgan fingerprint density at radius 2 is 1.82 bits per heavy atom. The molecule has 0 aromatic heterocycles. The molecule has 1 heterocycles. The Balaban J connectivity index is 1.78. The van der Waals surface area contributed by atoms with Crippen molar-refractivity contribution in [2.45, 2.75) is 23.9 Å². The number of hydrogen-bond donors (Lipinski definition) is 1. The normalized spacial score (nSPS) is 17.5. The molecule has 0 aliphatic carbocycles. The molecule has 1 saturated heterocycles. The highest BCUT2D eigenvalue weighted by molar-refractivity contribution is 7.89. The van der Waals surface area contributed by atoms with Crippen LogP contribution in [0.1, 0.15) is 18.4 Å². The molecule has 7 nitrogen and oxygen atoms in total. The molecule has 2 aromatic rings. The molecule has 0 radical (unpaired) electrons. The molecular formula is C21H22ClF3N2O5S. The summed E-state index contributed by atoms with van der Waals surface area (Å²) in [6.45, 7) is 0.0733. The number of methoxy groups -OCH3 is 2. The Kier molecular flexibility index (Phi) is 7.45. The number of alkyl halides is 3. The monoisotopic (exact) mass is 506 g/mol. The second-order valence-corrected chi connectivity index (χ2v) is 9.75. The number of nitrogens with one attached hydrogen (secondary N) is 1. The highest BCUT2D eigenvalue weighted by Crippen LogP contribution is 2.35. The molecule has 1 aliphatic rings. The second kappa shape index (κ2) is 9.78. The molecule has 1 amide bonds. The van der Waals surface area contributed by atoms with Crippen LogP contribution >= 0.6 is 11.6 Å². The van der Waals surface area contributed by atoms with Gasteiger partial charge in [0.1, 0.15) is 0 Å². The third kappa shape index (κ3) is 5.53. The van der Waals surface area contributed by atoms with Crippen molar-refractivity contribution in [1.82, 2.24) is 4.31 Å². The minimum Gasteiger partial charge on any atom is -0.493 e. The SMILES string of the molecule is COc1ccc(S(=O)(=O)N2CCC[C@H](C(=O)Nc3cc(C(F)(F)F)ccc3Cl)C2)cc1OC. The van der Waals surface area contributed by atoms with Crippen molar-refractivity contribution < 1.29 is 35.9 Å². The molecule has 12 heteroatoms. The minimum absolute atomic E-state index is 0.0258. The highest BCUT2D eigenvalue weighted by atomic mass is 35.5. The highest BCUT2D eigenvalue weighted by Gasteiger charge is 2.35. The molecule has 33 heavy (non-hydrogen) atoms. The Morgan fingerprint density at radius 3 is 2.45 bits per heavy atom. The summed E-state index contributed by atoms with van der Waals surface area (Å²) < 4.78 is 76.7. The van der Waals surface area contributed by atoms with Gasteiger partial charge in [0, 0.05) is 19.2 Å². The van der Waals surface area contributed by atoms with Crippen LogP contribution < -0.4 is 14.8 Å². The number of ether oxygens (including phenoxy) is 2. The van der Waals surface area contributed by atoms with Crippen molar-refractivity contribution in [2.75, 3.05) is 32.6 Å². The maximum absolute atomic E-state index is 13.1. The molecule has 1 aliphatic heterocycles. The van der Waals surface area contributed by atoms with E-state index in [-0.39, 0.29) is 34.4 Å². The van der Waals surface area contributed by atoms with E-state index < -0.39 is 33.6 Å². The lowest BCUT2D eigenvalue weighted by Gasteiger charge is -2.31. The van der Waals surface area contributed by atoms with Gasteiger partial charge in [-0.15, -0.1) is 0 Å². The average molecular weight is 507 g/mol. The van der Waals surface area contributed by atoms with Gasteiger partial charge in [0.2, 0.25) is 15.9 Å². The third-order valence-corrected chi connectivity index (χ3v) is 7.49. The number of halogens is 4. The van der Waals surface area contributed by atoms with E-state index in [2.05, 4.69) is 5.32 Å². The number of piperidine rings is 1. The zero-order valence-electron chi connectivity index (χ0n) is 17.8. The minimum atomic E-state index is -4.60. The summed E-state index contributed by atoms with van der Waals surface area (Å²) in [5.74, 6) is -0.767. The predicted octanol–water partition coefficient (Wildman–Crippen LogP) is 4.42. The van der Waals surface area contributed by atoms with Crippen LogP contribution in [0.15, 0.2) is 41.3 Å². The number of sulfonamides is 1. The van der Waals surface area contributed by atoms with E-state index in [9.17, 15) is 26.4 Å². The molecule has 1 N–H and O–H groups in total. The number of anilines is 1. The average Bonchev–Trinajstić information content (AvgIpc) is 2.79. The standard InChI is InChI=1S/C21H22ClF3N2O5S/c1-31-18-8-6-15(11-19(18)32-2)33(29,30)27-9-3-4-13(12-27)20(28)26-17-10-14(21(23,24)25)5-7-16(17)22/h5-8,10-11,13H,3-4,9,12H2,1-2H3,(H,26,28)/t13-/m0/s1. The van der Waals surface area contributed by atoms with Gasteiger partial charge in [-0.2, -0.15) is 17.5 Å². The maximum atomic E-state index is 13.1. The van der Waals surface area contributed by atoms with Crippen LogP contribution in [-0.2, 0) is 21.0 Å². The van der Waals surface area contributed by atoms with Crippen LogP contribution in [0.2, 0.25) is 5.02 Å². The van der Waals surface area contributed by atoms with Crippen molar-refractivity contribution in [3.63, 3.8) is 0 Å².